The van der Waals surface area contributed by atoms with Gasteiger partial charge in [0.25, 0.3) is 11.6 Å². The first-order valence-corrected chi connectivity index (χ1v) is 10.8. The fraction of sp³-hybridized carbons (Fsp3) is 0.417. The van der Waals surface area contributed by atoms with E-state index in [4.69, 9.17) is 4.74 Å². The molecule has 2 aromatic carbocycles. The molecular formula is C24H27N3O5. The van der Waals surface area contributed by atoms with Gasteiger partial charge in [-0.05, 0) is 50.8 Å². The molecule has 2 heterocycles. The normalized spacial score (nSPS) is 16.8. The third-order valence-corrected chi connectivity index (χ3v) is 5.89. The van der Waals surface area contributed by atoms with Gasteiger partial charge in [-0.2, -0.15) is 0 Å². The quantitative estimate of drug-likeness (QED) is 0.516. The number of nitro groups is 1. The van der Waals surface area contributed by atoms with Crippen LogP contribution >= 0.6 is 0 Å². The highest BCUT2D eigenvalue weighted by Gasteiger charge is 2.37. The van der Waals surface area contributed by atoms with Crippen LogP contribution < -0.4 is 0 Å². The molecule has 1 fully saturated rings. The average Bonchev–Trinajstić information content (AvgIpc) is 3.08. The van der Waals surface area contributed by atoms with Gasteiger partial charge in [0, 0.05) is 37.3 Å². The van der Waals surface area contributed by atoms with Crippen molar-refractivity contribution < 1.29 is 19.2 Å². The van der Waals surface area contributed by atoms with Crippen molar-refractivity contribution >= 4 is 17.7 Å². The lowest BCUT2D eigenvalue weighted by Crippen LogP contribution is -2.48. The van der Waals surface area contributed by atoms with Crippen molar-refractivity contribution in [2.45, 2.75) is 51.8 Å². The van der Waals surface area contributed by atoms with Crippen LogP contribution in [0.25, 0.3) is 11.1 Å². The second-order valence-corrected chi connectivity index (χ2v) is 9.28. The molecule has 0 unspecified atom stereocenters. The summed E-state index contributed by atoms with van der Waals surface area (Å²) in [5, 5.41) is 11.7. The minimum Gasteiger partial charge on any atom is -0.444 e. The van der Waals surface area contributed by atoms with E-state index in [1.807, 2.05) is 39.0 Å². The molecule has 168 valence electrons. The van der Waals surface area contributed by atoms with Gasteiger partial charge in [-0.1, -0.05) is 30.3 Å². The van der Waals surface area contributed by atoms with Crippen molar-refractivity contribution in [3.8, 4) is 11.1 Å². The summed E-state index contributed by atoms with van der Waals surface area (Å²) >= 11 is 0. The third-order valence-electron chi connectivity index (χ3n) is 5.89. The Kier molecular flexibility index (Phi) is 5.62. The summed E-state index contributed by atoms with van der Waals surface area (Å²) in [5.74, 6) is -0.109. The molecule has 2 amide bonds. The largest absolute Gasteiger partial charge is 0.444 e. The molecule has 0 aromatic heterocycles. The second kappa shape index (κ2) is 8.26. The van der Waals surface area contributed by atoms with Gasteiger partial charge in [0.2, 0.25) is 0 Å². The molecule has 0 radical (unpaired) electrons. The van der Waals surface area contributed by atoms with Crippen molar-refractivity contribution in [2.75, 3.05) is 13.1 Å². The lowest BCUT2D eigenvalue weighted by molar-refractivity contribution is -0.384. The highest BCUT2D eigenvalue weighted by molar-refractivity contribution is 6.00. The van der Waals surface area contributed by atoms with E-state index >= 15 is 0 Å². The number of ether oxygens (including phenoxy) is 1. The molecule has 8 nitrogen and oxygen atoms in total. The molecule has 0 aliphatic carbocycles. The minimum absolute atomic E-state index is 0.00402. The van der Waals surface area contributed by atoms with Gasteiger partial charge in [-0.15, -0.1) is 0 Å². The fourth-order valence-corrected chi connectivity index (χ4v) is 4.35. The predicted molar refractivity (Wildman–Crippen MR) is 119 cm³/mol. The topological polar surface area (TPSA) is 93.0 Å². The van der Waals surface area contributed by atoms with E-state index in [2.05, 4.69) is 0 Å². The molecular weight excluding hydrogens is 410 g/mol. The highest BCUT2D eigenvalue weighted by Crippen LogP contribution is 2.37. The van der Waals surface area contributed by atoms with E-state index in [0.717, 1.165) is 0 Å². The standard InChI is InChI=1S/C24H27N3O5/c1-24(2,3)32-23(29)25-11-9-18(10-12-25)26-15-17-13-21(27(30)31)19(14-20(17)22(26)28)16-7-5-4-6-8-16/h4-8,13-14,18H,9-12,15H2,1-3H3. The van der Waals surface area contributed by atoms with Crippen LogP contribution in [0.4, 0.5) is 10.5 Å². The zero-order valence-corrected chi connectivity index (χ0v) is 18.5. The summed E-state index contributed by atoms with van der Waals surface area (Å²) in [6.45, 7) is 6.87. The Morgan fingerprint density at radius 3 is 2.34 bits per heavy atom. The molecule has 2 aromatic rings. The number of carbonyl (C=O) groups excluding carboxylic acids is 2. The van der Waals surface area contributed by atoms with E-state index in [-0.39, 0.29) is 23.7 Å². The van der Waals surface area contributed by atoms with Gasteiger partial charge in [0.05, 0.1) is 10.5 Å². The Morgan fingerprint density at radius 2 is 1.75 bits per heavy atom. The van der Waals surface area contributed by atoms with Crippen LogP contribution in [0.3, 0.4) is 0 Å². The van der Waals surface area contributed by atoms with Crippen molar-refractivity contribution in [3.05, 3.63) is 63.7 Å². The number of hydrogen-bond acceptors (Lipinski definition) is 5. The molecule has 0 atom stereocenters. The van der Waals surface area contributed by atoms with E-state index in [1.165, 1.54) is 6.07 Å². The van der Waals surface area contributed by atoms with Crippen molar-refractivity contribution in [1.82, 2.24) is 9.80 Å². The van der Waals surface area contributed by atoms with Crippen LogP contribution in [0.2, 0.25) is 0 Å². The summed E-state index contributed by atoms with van der Waals surface area (Å²) in [5.41, 5.74) is 1.80. The zero-order valence-electron chi connectivity index (χ0n) is 18.5. The van der Waals surface area contributed by atoms with Gasteiger partial charge in [0.1, 0.15) is 5.60 Å². The molecule has 2 aliphatic rings. The third kappa shape index (κ3) is 4.30. The van der Waals surface area contributed by atoms with Crippen molar-refractivity contribution in [1.29, 1.82) is 0 Å². The highest BCUT2D eigenvalue weighted by atomic mass is 16.6. The Morgan fingerprint density at radius 1 is 1.09 bits per heavy atom. The maximum Gasteiger partial charge on any atom is 0.410 e. The maximum absolute atomic E-state index is 13.2. The summed E-state index contributed by atoms with van der Waals surface area (Å²) in [6.07, 6.45) is 0.953. The van der Waals surface area contributed by atoms with Crippen LogP contribution in [0.15, 0.2) is 42.5 Å². The van der Waals surface area contributed by atoms with Crippen LogP contribution in [0.1, 0.15) is 49.5 Å². The lowest BCUT2D eigenvalue weighted by Gasteiger charge is -2.37. The molecule has 8 heteroatoms. The monoisotopic (exact) mass is 437 g/mol. The molecule has 0 bridgehead atoms. The molecule has 0 N–H and O–H groups in total. The first-order chi connectivity index (χ1) is 15.1. The Hall–Kier alpha value is -3.42. The van der Waals surface area contributed by atoms with Gasteiger partial charge in [0.15, 0.2) is 0 Å². The maximum atomic E-state index is 13.2. The summed E-state index contributed by atoms with van der Waals surface area (Å²) in [4.78, 5) is 40.3. The number of amides is 2. The summed E-state index contributed by atoms with van der Waals surface area (Å²) < 4.78 is 5.44. The Labute approximate surface area is 186 Å². The number of fused-ring (bicyclic) bond motifs is 1. The molecule has 4 rings (SSSR count). The Balaban J connectivity index is 1.52. The number of piperidine rings is 1. The van der Waals surface area contributed by atoms with Gasteiger partial charge >= 0.3 is 6.09 Å². The number of likely N-dealkylation sites (tertiary alicyclic amines) is 1. The fourth-order valence-electron chi connectivity index (χ4n) is 4.35. The number of nitrogens with zero attached hydrogens (tertiary/aromatic N) is 3. The van der Waals surface area contributed by atoms with Crippen LogP contribution in [0.5, 0.6) is 0 Å². The van der Waals surface area contributed by atoms with Crippen LogP contribution in [0, 0.1) is 10.1 Å². The summed E-state index contributed by atoms with van der Waals surface area (Å²) in [6, 6.07) is 12.3. The van der Waals surface area contributed by atoms with E-state index < -0.39 is 10.5 Å². The van der Waals surface area contributed by atoms with Gasteiger partial charge in [-0.3, -0.25) is 14.9 Å². The first kappa shape index (κ1) is 21.8. The van der Waals surface area contributed by atoms with Crippen molar-refractivity contribution in [3.63, 3.8) is 0 Å². The molecule has 1 saturated heterocycles. The minimum atomic E-state index is -0.550. The van der Waals surface area contributed by atoms with Gasteiger partial charge in [-0.25, -0.2) is 4.79 Å². The number of benzene rings is 2. The van der Waals surface area contributed by atoms with Crippen LogP contribution in [-0.2, 0) is 11.3 Å². The average molecular weight is 437 g/mol. The zero-order chi connectivity index (χ0) is 23.0. The first-order valence-electron chi connectivity index (χ1n) is 10.8. The molecule has 32 heavy (non-hydrogen) atoms. The van der Waals surface area contributed by atoms with E-state index in [9.17, 15) is 19.7 Å². The van der Waals surface area contributed by atoms with Crippen LogP contribution in [-0.4, -0.2) is 51.5 Å². The number of carbonyl (C=O) groups is 2. The molecule has 0 spiro atoms. The van der Waals surface area contributed by atoms with Gasteiger partial charge < -0.3 is 14.5 Å². The predicted octanol–water partition coefficient (Wildman–Crippen LogP) is 4.62. The SMILES string of the molecule is CC(C)(C)OC(=O)N1CCC(N2Cc3cc([N+](=O)[O-])c(-c4ccccc4)cc3C2=O)CC1. The summed E-state index contributed by atoms with van der Waals surface area (Å²) in [7, 11) is 0. The molecule has 0 saturated carbocycles. The Bertz CT molecular complexity index is 1050. The van der Waals surface area contributed by atoms with Crippen molar-refractivity contribution in [2.24, 2.45) is 0 Å². The van der Waals surface area contributed by atoms with E-state index in [0.29, 0.717) is 54.7 Å². The smallest absolute Gasteiger partial charge is 0.410 e. The second-order valence-electron chi connectivity index (χ2n) is 9.28. The molecule has 2 aliphatic heterocycles. The lowest BCUT2D eigenvalue weighted by atomic mass is 9.98. The number of rotatable bonds is 3. The van der Waals surface area contributed by atoms with E-state index in [1.54, 1.807) is 28.0 Å². The number of nitro benzene ring substituents is 1. The number of hydrogen-bond donors (Lipinski definition) is 0.